The summed E-state index contributed by atoms with van der Waals surface area (Å²) < 4.78 is 11.7. The summed E-state index contributed by atoms with van der Waals surface area (Å²) in [7, 11) is 0. The van der Waals surface area contributed by atoms with Gasteiger partial charge in [0.25, 0.3) is 0 Å². The Morgan fingerprint density at radius 3 is 2.18 bits per heavy atom. The Labute approximate surface area is 100 Å². The molecule has 0 aromatic carbocycles. The molecule has 1 spiro atoms. The van der Waals surface area contributed by atoms with E-state index in [1.165, 1.54) is 6.42 Å². The lowest BCUT2D eigenvalue weighted by atomic mass is 9.87. The molecule has 2 aliphatic carbocycles. The van der Waals surface area contributed by atoms with Crippen LogP contribution in [0, 0.1) is 0 Å². The van der Waals surface area contributed by atoms with Crippen LogP contribution in [0.15, 0.2) is 0 Å². The largest absolute Gasteiger partial charge is 0.390 e. The minimum absolute atomic E-state index is 0.155. The van der Waals surface area contributed by atoms with E-state index < -0.39 is 36.3 Å². The third kappa shape index (κ3) is 1.90. The maximum Gasteiger partial charge on any atom is 0.169 e. The van der Waals surface area contributed by atoms with Crippen molar-refractivity contribution in [2.75, 3.05) is 0 Å². The molecule has 5 atom stereocenters. The van der Waals surface area contributed by atoms with E-state index in [4.69, 9.17) is 9.47 Å². The highest BCUT2D eigenvalue weighted by Gasteiger charge is 2.56. The average molecular weight is 244 g/mol. The van der Waals surface area contributed by atoms with Gasteiger partial charge >= 0.3 is 0 Å². The second-order valence-electron chi connectivity index (χ2n) is 5.50. The topological polar surface area (TPSA) is 79.2 Å². The van der Waals surface area contributed by atoms with Gasteiger partial charge in [0.2, 0.25) is 0 Å². The SMILES string of the molecule is OC1C[C@H](O)C2OC3(CCCCC3)OC2[C@@H]1O. The van der Waals surface area contributed by atoms with Crippen molar-refractivity contribution in [3.8, 4) is 0 Å². The van der Waals surface area contributed by atoms with Crippen LogP contribution in [-0.2, 0) is 9.47 Å². The molecule has 98 valence electrons. The van der Waals surface area contributed by atoms with E-state index in [9.17, 15) is 15.3 Å². The van der Waals surface area contributed by atoms with Gasteiger partial charge in [0.1, 0.15) is 18.3 Å². The standard InChI is InChI=1S/C12H20O5/c13-7-6-8(14)10-11(9(7)15)17-12(16-10)4-2-1-3-5-12/h7-11,13-15H,1-6H2/t7?,8-,9+,10?,11?/m0/s1. The predicted molar refractivity (Wildman–Crippen MR) is 58.2 cm³/mol. The molecule has 1 aliphatic heterocycles. The third-order valence-electron chi connectivity index (χ3n) is 4.23. The zero-order valence-corrected chi connectivity index (χ0v) is 9.79. The lowest BCUT2D eigenvalue weighted by Crippen LogP contribution is -2.54. The van der Waals surface area contributed by atoms with Crippen molar-refractivity contribution in [2.24, 2.45) is 0 Å². The van der Waals surface area contributed by atoms with E-state index in [1.807, 2.05) is 0 Å². The number of fused-ring (bicyclic) bond motifs is 1. The molecule has 2 saturated carbocycles. The number of rotatable bonds is 0. The summed E-state index contributed by atoms with van der Waals surface area (Å²) in [4.78, 5) is 0. The van der Waals surface area contributed by atoms with Gasteiger partial charge in [-0.2, -0.15) is 0 Å². The first-order chi connectivity index (χ1) is 8.11. The van der Waals surface area contributed by atoms with Crippen molar-refractivity contribution in [1.82, 2.24) is 0 Å². The Kier molecular flexibility index (Phi) is 2.91. The lowest BCUT2D eigenvalue weighted by Gasteiger charge is -2.34. The highest BCUT2D eigenvalue weighted by molar-refractivity contribution is 5.00. The summed E-state index contributed by atoms with van der Waals surface area (Å²) in [5.74, 6) is -0.625. The molecule has 3 rings (SSSR count). The van der Waals surface area contributed by atoms with Gasteiger partial charge in [0.15, 0.2) is 5.79 Å². The predicted octanol–water partition coefficient (Wildman–Crippen LogP) is -0.0828. The molecule has 1 heterocycles. The maximum atomic E-state index is 9.91. The van der Waals surface area contributed by atoms with Crippen LogP contribution in [0.5, 0.6) is 0 Å². The van der Waals surface area contributed by atoms with Crippen molar-refractivity contribution < 1.29 is 24.8 Å². The van der Waals surface area contributed by atoms with Gasteiger partial charge in [-0.3, -0.25) is 0 Å². The smallest absolute Gasteiger partial charge is 0.169 e. The molecule has 5 heteroatoms. The van der Waals surface area contributed by atoms with E-state index in [2.05, 4.69) is 0 Å². The number of aliphatic hydroxyl groups excluding tert-OH is 3. The first kappa shape index (κ1) is 11.9. The first-order valence-electron chi connectivity index (χ1n) is 6.51. The van der Waals surface area contributed by atoms with E-state index in [1.54, 1.807) is 0 Å². The number of hydrogen-bond donors (Lipinski definition) is 3. The summed E-state index contributed by atoms with van der Waals surface area (Å²) in [5, 5.41) is 29.5. The van der Waals surface area contributed by atoms with Gasteiger partial charge in [0, 0.05) is 19.3 Å². The van der Waals surface area contributed by atoms with Crippen molar-refractivity contribution >= 4 is 0 Å². The Morgan fingerprint density at radius 2 is 1.47 bits per heavy atom. The van der Waals surface area contributed by atoms with Crippen molar-refractivity contribution in [2.45, 2.75) is 74.8 Å². The van der Waals surface area contributed by atoms with Crippen LogP contribution in [0.25, 0.3) is 0 Å². The monoisotopic (exact) mass is 244 g/mol. The molecule has 17 heavy (non-hydrogen) atoms. The molecule has 0 amide bonds. The van der Waals surface area contributed by atoms with Crippen LogP contribution in [0.4, 0.5) is 0 Å². The van der Waals surface area contributed by atoms with Crippen LogP contribution in [0.1, 0.15) is 38.5 Å². The fraction of sp³-hybridized carbons (Fsp3) is 1.00. The normalized spacial score (nSPS) is 49.2. The molecule has 0 aromatic rings. The van der Waals surface area contributed by atoms with E-state index in [0.717, 1.165) is 25.7 Å². The van der Waals surface area contributed by atoms with Gasteiger partial charge < -0.3 is 24.8 Å². The van der Waals surface area contributed by atoms with Crippen LogP contribution in [-0.4, -0.2) is 51.6 Å². The maximum absolute atomic E-state index is 9.91. The quantitative estimate of drug-likeness (QED) is 0.555. The Balaban J connectivity index is 1.79. The molecule has 0 aromatic heterocycles. The Bertz CT molecular complexity index is 289. The highest BCUT2D eigenvalue weighted by atomic mass is 16.8. The minimum atomic E-state index is -0.954. The second kappa shape index (κ2) is 4.17. The third-order valence-corrected chi connectivity index (χ3v) is 4.23. The summed E-state index contributed by atoms with van der Waals surface area (Å²) in [6.45, 7) is 0. The molecule has 0 bridgehead atoms. The zero-order valence-electron chi connectivity index (χ0n) is 9.79. The molecule has 1 saturated heterocycles. The molecule has 3 fully saturated rings. The van der Waals surface area contributed by atoms with Crippen molar-refractivity contribution in [3.05, 3.63) is 0 Å². The summed E-state index contributed by atoms with van der Waals surface area (Å²) in [5.41, 5.74) is 0. The number of hydrogen-bond acceptors (Lipinski definition) is 5. The van der Waals surface area contributed by atoms with Crippen LogP contribution < -0.4 is 0 Å². The van der Waals surface area contributed by atoms with E-state index >= 15 is 0 Å². The molecular formula is C12H20O5. The number of aliphatic hydroxyl groups is 3. The average Bonchev–Trinajstić information content (AvgIpc) is 2.67. The highest BCUT2D eigenvalue weighted by Crippen LogP contribution is 2.44. The molecule has 3 N–H and O–H groups in total. The molecule has 3 aliphatic rings. The van der Waals surface area contributed by atoms with Gasteiger partial charge in [-0.1, -0.05) is 6.42 Å². The lowest BCUT2D eigenvalue weighted by molar-refractivity contribution is -0.202. The second-order valence-corrected chi connectivity index (χ2v) is 5.50. The Hall–Kier alpha value is -0.200. The van der Waals surface area contributed by atoms with Crippen molar-refractivity contribution in [1.29, 1.82) is 0 Å². The van der Waals surface area contributed by atoms with Crippen molar-refractivity contribution in [3.63, 3.8) is 0 Å². The fourth-order valence-electron chi connectivity index (χ4n) is 3.29. The van der Waals surface area contributed by atoms with Gasteiger partial charge in [-0.15, -0.1) is 0 Å². The van der Waals surface area contributed by atoms with Crippen LogP contribution >= 0.6 is 0 Å². The molecular weight excluding hydrogens is 224 g/mol. The fourth-order valence-corrected chi connectivity index (χ4v) is 3.29. The van der Waals surface area contributed by atoms with Crippen LogP contribution in [0.3, 0.4) is 0 Å². The summed E-state index contributed by atoms with van der Waals surface area (Å²) in [6.07, 6.45) is 1.35. The van der Waals surface area contributed by atoms with Gasteiger partial charge in [-0.25, -0.2) is 0 Å². The van der Waals surface area contributed by atoms with E-state index in [0.29, 0.717) is 0 Å². The molecule has 3 unspecified atom stereocenters. The minimum Gasteiger partial charge on any atom is -0.390 e. The van der Waals surface area contributed by atoms with Gasteiger partial charge in [-0.05, 0) is 12.8 Å². The summed E-state index contributed by atoms with van der Waals surface area (Å²) in [6, 6.07) is 0. The number of ether oxygens (including phenoxy) is 2. The molecule has 0 radical (unpaired) electrons. The Morgan fingerprint density at radius 1 is 0.824 bits per heavy atom. The van der Waals surface area contributed by atoms with Gasteiger partial charge in [0.05, 0.1) is 12.2 Å². The van der Waals surface area contributed by atoms with Crippen LogP contribution in [0.2, 0.25) is 0 Å². The molecule has 5 nitrogen and oxygen atoms in total. The summed E-state index contributed by atoms with van der Waals surface area (Å²) >= 11 is 0. The zero-order chi connectivity index (χ0) is 12.0. The first-order valence-corrected chi connectivity index (χ1v) is 6.51. The van der Waals surface area contributed by atoms with E-state index in [-0.39, 0.29) is 6.42 Å².